The number of nitrogens with two attached hydrogens (primary N) is 1. The molecule has 1 atom stereocenters. The van der Waals surface area contributed by atoms with Crippen molar-refractivity contribution in [3.63, 3.8) is 0 Å². The third-order valence-corrected chi connectivity index (χ3v) is 3.31. The Hall–Kier alpha value is -1.99. The predicted octanol–water partition coefficient (Wildman–Crippen LogP) is 1.31. The summed E-state index contributed by atoms with van der Waals surface area (Å²) in [6.07, 6.45) is 1.55. The number of carbonyl (C=O) groups is 1. The first kappa shape index (κ1) is 18.1. The van der Waals surface area contributed by atoms with Crippen LogP contribution in [0.1, 0.15) is 23.0 Å². The molecule has 0 fully saturated rings. The zero-order valence-corrected chi connectivity index (χ0v) is 13.3. The summed E-state index contributed by atoms with van der Waals surface area (Å²) in [5.74, 6) is -0.543. The molecule has 1 heterocycles. The average Bonchev–Trinajstić information content (AvgIpc) is 2.93. The van der Waals surface area contributed by atoms with Gasteiger partial charge in [-0.15, -0.1) is 17.5 Å². The van der Waals surface area contributed by atoms with Crippen molar-refractivity contribution in [2.75, 3.05) is 13.6 Å². The molecule has 8 heteroatoms. The number of aromatic nitrogens is 3. The van der Waals surface area contributed by atoms with Gasteiger partial charge in [-0.05, 0) is 24.6 Å². The molecule has 6 nitrogen and oxygen atoms in total. The molecule has 0 aliphatic carbocycles. The van der Waals surface area contributed by atoms with E-state index in [0.717, 1.165) is 5.56 Å². The number of likely N-dealkylation sites (N-methyl/N-ethyl adjacent to an activating group) is 1. The molecule has 0 aliphatic heterocycles. The second-order valence-electron chi connectivity index (χ2n) is 4.93. The predicted molar refractivity (Wildman–Crippen MR) is 83.4 cm³/mol. The fraction of sp³-hybridized carbons (Fsp3) is 0.357. The van der Waals surface area contributed by atoms with E-state index in [0.29, 0.717) is 13.1 Å². The number of hydrogen-bond donors (Lipinski definition) is 1. The first-order chi connectivity index (χ1) is 10.0. The Morgan fingerprint density at radius 3 is 2.86 bits per heavy atom. The van der Waals surface area contributed by atoms with Crippen LogP contribution in [0.25, 0.3) is 0 Å². The largest absolute Gasteiger partial charge is 0.336 e. The number of nitrogens with zero attached hydrogens (tertiary/aromatic N) is 4. The molecule has 1 aromatic heterocycles. The molecular formula is C14H19ClFN5O. The van der Waals surface area contributed by atoms with Gasteiger partial charge in [-0.1, -0.05) is 17.3 Å². The molecule has 0 bridgehead atoms. The molecule has 2 aromatic rings. The first-order valence-corrected chi connectivity index (χ1v) is 6.63. The summed E-state index contributed by atoms with van der Waals surface area (Å²) < 4.78 is 14.6. The summed E-state index contributed by atoms with van der Waals surface area (Å²) >= 11 is 0. The molecule has 1 amide bonds. The number of amides is 1. The number of hydrogen-bond acceptors (Lipinski definition) is 4. The van der Waals surface area contributed by atoms with Crippen molar-refractivity contribution in [3.8, 4) is 0 Å². The topological polar surface area (TPSA) is 77.0 Å². The van der Waals surface area contributed by atoms with E-state index in [4.69, 9.17) is 5.73 Å². The first-order valence-electron chi connectivity index (χ1n) is 6.63. The van der Waals surface area contributed by atoms with E-state index in [2.05, 4.69) is 10.3 Å². The molecule has 0 spiro atoms. The summed E-state index contributed by atoms with van der Waals surface area (Å²) in [4.78, 5) is 13.7. The minimum atomic E-state index is -0.305. The third-order valence-electron chi connectivity index (χ3n) is 3.31. The van der Waals surface area contributed by atoms with Gasteiger partial charge in [0, 0.05) is 19.6 Å². The molecular weight excluding hydrogens is 309 g/mol. The van der Waals surface area contributed by atoms with E-state index in [9.17, 15) is 9.18 Å². The van der Waals surface area contributed by atoms with Crippen molar-refractivity contribution < 1.29 is 9.18 Å². The third kappa shape index (κ3) is 4.25. The van der Waals surface area contributed by atoms with Crippen LogP contribution in [0.5, 0.6) is 0 Å². The van der Waals surface area contributed by atoms with Crippen molar-refractivity contribution in [1.29, 1.82) is 0 Å². The Kier molecular flexibility index (Phi) is 6.45. The van der Waals surface area contributed by atoms with Crippen LogP contribution in [0.2, 0.25) is 0 Å². The number of rotatable bonds is 5. The summed E-state index contributed by atoms with van der Waals surface area (Å²) in [6.45, 7) is 2.59. The van der Waals surface area contributed by atoms with E-state index >= 15 is 0 Å². The van der Waals surface area contributed by atoms with Gasteiger partial charge in [0.05, 0.1) is 12.7 Å². The van der Waals surface area contributed by atoms with Gasteiger partial charge >= 0.3 is 0 Å². The SMILES string of the molecule is CC(CN)N(C)C(=O)c1cn(Cc2cccc(F)c2)nn1.Cl. The molecule has 0 radical (unpaired) electrons. The quantitative estimate of drug-likeness (QED) is 0.898. The lowest BCUT2D eigenvalue weighted by molar-refractivity contribution is 0.0742. The second kappa shape index (κ2) is 7.86. The van der Waals surface area contributed by atoms with Gasteiger partial charge in [-0.2, -0.15) is 0 Å². The number of carbonyl (C=O) groups excluding carboxylic acids is 1. The van der Waals surface area contributed by atoms with Crippen LogP contribution in [0, 0.1) is 5.82 Å². The molecule has 0 aliphatic rings. The zero-order chi connectivity index (χ0) is 15.4. The molecule has 22 heavy (non-hydrogen) atoms. The Bertz CT molecular complexity index is 633. The number of benzene rings is 1. The van der Waals surface area contributed by atoms with Crippen LogP contribution in [-0.4, -0.2) is 45.4 Å². The average molecular weight is 328 g/mol. The molecule has 2 N–H and O–H groups in total. The van der Waals surface area contributed by atoms with Crippen LogP contribution in [0.3, 0.4) is 0 Å². The van der Waals surface area contributed by atoms with Crippen LogP contribution >= 0.6 is 12.4 Å². The maximum atomic E-state index is 13.1. The summed E-state index contributed by atoms with van der Waals surface area (Å²) in [7, 11) is 1.67. The lowest BCUT2D eigenvalue weighted by atomic mass is 10.2. The molecule has 120 valence electrons. The summed E-state index contributed by atoms with van der Waals surface area (Å²) in [6, 6.07) is 6.14. The Labute approximate surface area is 134 Å². The van der Waals surface area contributed by atoms with Gasteiger partial charge in [0.25, 0.3) is 5.91 Å². The van der Waals surface area contributed by atoms with Crippen molar-refractivity contribution in [1.82, 2.24) is 19.9 Å². The standard InChI is InChI=1S/C14H18FN5O.ClH/c1-10(7-16)19(2)14(21)13-9-20(18-17-13)8-11-4-3-5-12(15)6-11;/h3-6,9-10H,7-8,16H2,1-2H3;1H. The monoisotopic (exact) mass is 327 g/mol. The van der Waals surface area contributed by atoms with Gasteiger partial charge in [-0.3, -0.25) is 4.79 Å². The van der Waals surface area contributed by atoms with Crippen molar-refractivity contribution in [2.45, 2.75) is 19.5 Å². The Balaban J connectivity index is 0.00000242. The van der Waals surface area contributed by atoms with E-state index in [1.807, 2.05) is 6.92 Å². The van der Waals surface area contributed by atoms with E-state index in [1.54, 1.807) is 25.4 Å². The zero-order valence-electron chi connectivity index (χ0n) is 12.4. The van der Waals surface area contributed by atoms with Gasteiger partial charge < -0.3 is 10.6 Å². The highest BCUT2D eigenvalue weighted by atomic mass is 35.5. The lowest BCUT2D eigenvalue weighted by Crippen LogP contribution is -2.39. The summed E-state index contributed by atoms with van der Waals surface area (Å²) in [5.41, 5.74) is 6.54. The molecule has 0 saturated heterocycles. The highest BCUT2D eigenvalue weighted by Gasteiger charge is 2.19. The van der Waals surface area contributed by atoms with Gasteiger partial charge in [-0.25, -0.2) is 9.07 Å². The highest BCUT2D eigenvalue weighted by Crippen LogP contribution is 2.07. The summed E-state index contributed by atoms with van der Waals surface area (Å²) in [5, 5.41) is 7.75. The molecule has 1 aromatic carbocycles. The van der Waals surface area contributed by atoms with Crippen LogP contribution < -0.4 is 5.73 Å². The highest BCUT2D eigenvalue weighted by molar-refractivity contribution is 5.91. The van der Waals surface area contributed by atoms with Gasteiger partial charge in [0.2, 0.25) is 0 Å². The minimum Gasteiger partial charge on any atom is -0.336 e. The minimum absolute atomic E-state index is 0. The fourth-order valence-corrected chi connectivity index (χ4v) is 1.84. The Morgan fingerprint density at radius 1 is 1.50 bits per heavy atom. The smallest absolute Gasteiger partial charge is 0.276 e. The van der Waals surface area contributed by atoms with Crippen molar-refractivity contribution in [2.24, 2.45) is 5.73 Å². The molecule has 2 rings (SSSR count). The molecule has 1 unspecified atom stereocenters. The van der Waals surface area contributed by atoms with E-state index in [1.165, 1.54) is 21.7 Å². The maximum absolute atomic E-state index is 13.1. The Morgan fingerprint density at radius 2 is 2.23 bits per heavy atom. The normalized spacial score (nSPS) is 11.6. The van der Waals surface area contributed by atoms with Crippen molar-refractivity contribution in [3.05, 3.63) is 47.5 Å². The van der Waals surface area contributed by atoms with Gasteiger partial charge in [0.15, 0.2) is 5.69 Å². The lowest BCUT2D eigenvalue weighted by Gasteiger charge is -2.22. The van der Waals surface area contributed by atoms with Crippen LogP contribution in [0.15, 0.2) is 30.5 Å². The fourth-order valence-electron chi connectivity index (χ4n) is 1.84. The van der Waals surface area contributed by atoms with E-state index in [-0.39, 0.29) is 35.9 Å². The van der Waals surface area contributed by atoms with Crippen LogP contribution in [-0.2, 0) is 6.54 Å². The number of halogens is 2. The van der Waals surface area contributed by atoms with Crippen molar-refractivity contribution >= 4 is 18.3 Å². The second-order valence-corrected chi connectivity index (χ2v) is 4.93. The maximum Gasteiger partial charge on any atom is 0.276 e. The van der Waals surface area contributed by atoms with Gasteiger partial charge in [0.1, 0.15) is 5.82 Å². The van der Waals surface area contributed by atoms with Crippen LogP contribution in [0.4, 0.5) is 4.39 Å². The van der Waals surface area contributed by atoms with E-state index < -0.39 is 0 Å². The molecule has 0 saturated carbocycles.